The Morgan fingerprint density at radius 1 is 1.35 bits per heavy atom. The van der Waals surface area contributed by atoms with E-state index >= 15 is 0 Å². The maximum atomic E-state index is 12.4. The molecule has 0 bridgehead atoms. The number of amides is 1. The molecule has 1 aliphatic heterocycles. The van der Waals surface area contributed by atoms with Crippen LogP contribution in [0.15, 0.2) is 30.8 Å². The molecule has 3 nitrogen and oxygen atoms in total. The van der Waals surface area contributed by atoms with Crippen LogP contribution in [0.1, 0.15) is 35.2 Å². The molecule has 0 saturated carbocycles. The highest BCUT2D eigenvalue weighted by Gasteiger charge is 2.23. The van der Waals surface area contributed by atoms with Crippen LogP contribution in [-0.4, -0.2) is 37.6 Å². The van der Waals surface area contributed by atoms with Gasteiger partial charge in [0.25, 0.3) is 5.91 Å². The van der Waals surface area contributed by atoms with Gasteiger partial charge in [-0.15, -0.1) is 0 Å². The van der Waals surface area contributed by atoms with Crippen LogP contribution >= 0.6 is 0 Å². The lowest BCUT2D eigenvalue weighted by molar-refractivity contribution is 0.0670. The fourth-order valence-corrected chi connectivity index (χ4v) is 2.65. The van der Waals surface area contributed by atoms with Crippen LogP contribution in [0.4, 0.5) is 0 Å². The van der Waals surface area contributed by atoms with E-state index in [1.54, 1.807) is 13.2 Å². The maximum absolute atomic E-state index is 12.4. The predicted octanol–water partition coefficient (Wildman–Crippen LogP) is 3.22. The van der Waals surface area contributed by atoms with Gasteiger partial charge in [0, 0.05) is 32.4 Å². The first kappa shape index (κ1) is 14.8. The number of ether oxygens (including phenoxy) is 1. The summed E-state index contributed by atoms with van der Waals surface area (Å²) in [5.74, 6) is 0.841. The molecule has 20 heavy (non-hydrogen) atoms. The first-order valence-corrected chi connectivity index (χ1v) is 7.25. The molecule has 0 aromatic heterocycles. The summed E-state index contributed by atoms with van der Waals surface area (Å²) < 4.78 is 5.12. The number of carbonyl (C=O) groups excluding carboxylic acids is 1. The Morgan fingerprint density at radius 2 is 2.00 bits per heavy atom. The van der Waals surface area contributed by atoms with Gasteiger partial charge in [0.1, 0.15) is 0 Å². The second-order valence-corrected chi connectivity index (χ2v) is 5.34. The second kappa shape index (κ2) is 7.25. The largest absolute Gasteiger partial charge is 0.385 e. The Labute approximate surface area is 121 Å². The summed E-state index contributed by atoms with van der Waals surface area (Å²) >= 11 is 0. The molecule has 1 amide bonds. The van der Waals surface area contributed by atoms with Gasteiger partial charge in [0.2, 0.25) is 0 Å². The van der Waals surface area contributed by atoms with E-state index in [-0.39, 0.29) is 5.91 Å². The average Bonchev–Trinajstić information content (AvgIpc) is 2.53. The van der Waals surface area contributed by atoms with Crippen LogP contribution in [0.3, 0.4) is 0 Å². The van der Waals surface area contributed by atoms with E-state index in [2.05, 4.69) is 6.58 Å². The molecule has 0 radical (unpaired) electrons. The lowest BCUT2D eigenvalue weighted by atomic mass is 9.93. The zero-order chi connectivity index (χ0) is 14.4. The van der Waals surface area contributed by atoms with E-state index in [4.69, 9.17) is 4.74 Å². The number of benzene rings is 1. The third-order valence-corrected chi connectivity index (χ3v) is 4.03. The number of methoxy groups -OCH3 is 1. The summed E-state index contributed by atoms with van der Waals surface area (Å²) in [6, 6.07) is 7.64. The Kier molecular flexibility index (Phi) is 5.36. The van der Waals surface area contributed by atoms with Crippen molar-refractivity contribution < 1.29 is 9.53 Å². The molecule has 0 atom stereocenters. The number of hydrogen-bond donors (Lipinski definition) is 0. The summed E-state index contributed by atoms with van der Waals surface area (Å²) in [4.78, 5) is 14.4. The first-order chi connectivity index (χ1) is 9.74. The zero-order valence-corrected chi connectivity index (χ0v) is 12.2. The molecule has 108 valence electrons. The third-order valence-electron chi connectivity index (χ3n) is 4.03. The molecule has 0 spiro atoms. The Morgan fingerprint density at radius 3 is 2.55 bits per heavy atom. The highest BCUT2D eigenvalue weighted by Crippen LogP contribution is 2.22. The fourth-order valence-electron chi connectivity index (χ4n) is 2.65. The minimum atomic E-state index is 0.144. The van der Waals surface area contributed by atoms with Gasteiger partial charge in [-0.2, -0.15) is 0 Å². The van der Waals surface area contributed by atoms with Crippen molar-refractivity contribution >= 4 is 12.0 Å². The van der Waals surface area contributed by atoms with Crippen molar-refractivity contribution in [3.05, 3.63) is 42.0 Å². The van der Waals surface area contributed by atoms with Gasteiger partial charge in [-0.1, -0.05) is 24.8 Å². The van der Waals surface area contributed by atoms with E-state index < -0.39 is 0 Å². The number of rotatable bonds is 5. The quantitative estimate of drug-likeness (QED) is 0.824. The molecule has 1 aromatic rings. The van der Waals surface area contributed by atoms with Gasteiger partial charge in [-0.05, 0) is 42.9 Å². The van der Waals surface area contributed by atoms with Gasteiger partial charge in [0.05, 0.1) is 0 Å². The van der Waals surface area contributed by atoms with E-state index in [0.717, 1.165) is 50.1 Å². The minimum Gasteiger partial charge on any atom is -0.385 e. The molecule has 1 fully saturated rings. The molecular weight excluding hydrogens is 250 g/mol. The van der Waals surface area contributed by atoms with Crippen LogP contribution in [-0.2, 0) is 4.74 Å². The van der Waals surface area contributed by atoms with Crippen molar-refractivity contribution in [2.24, 2.45) is 5.92 Å². The maximum Gasteiger partial charge on any atom is 0.253 e. The lowest BCUT2D eigenvalue weighted by Gasteiger charge is -2.32. The zero-order valence-electron chi connectivity index (χ0n) is 12.2. The second-order valence-electron chi connectivity index (χ2n) is 5.34. The smallest absolute Gasteiger partial charge is 0.253 e. The van der Waals surface area contributed by atoms with E-state index in [9.17, 15) is 4.79 Å². The number of piperidine rings is 1. The topological polar surface area (TPSA) is 29.5 Å². The van der Waals surface area contributed by atoms with E-state index in [0.29, 0.717) is 5.92 Å². The molecule has 0 N–H and O–H groups in total. The molecule has 1 aromatic carbocycles. The minimum absolute atomic E-state index is 0.144. The van der Waals surface area contributed by atoms with Crippen molar-refractivity contribution in [3.63, 3.8) is 0 Å². The SMILES string of the molecule is C=Cc1ccc(C(=O)N2CCC(CCOC)CC2)cc1. The number of hydrogen-bond acceptors (Lipinski definition) is 2. The van der Waals surface area contributed by atoms with Gasteiger partial charge < -0.3 is 9.64 Å². The summed E-state index contributed by atoms with van der Waals surface area (Å²) in [5, 5.41) is 0. The normalized spacial score (nSPS) is 16.1. The molecule has 3 heteroatoms. The van der Waals surface area contributed by atoms with Gasteiger partial charge in [0.15, 0.2) is 0 Å². The fraction of sp³-hybridized carbons (Fsp3) is 0.471. The highest BCUT2D eigenvalue weighted by atomic mass is 16.5. The van der Waals surface area contributed by atoms with Crippen molar-refractivity contribution in [1.82, 2.24) is 4.90 Å². The monoisotopic (exact) mass is 273 g/mol. The third kappa shape index (κ3) is 3.70. The molecule has 1 saturated heterocycles. The summed E-state index contributed by atoms with van der Waals surface area (Å²) in [6.45, 7) is 6.26. The number of likely N-dealkylation sites (tertiary alicyclic amines) is 1. The first-order valence-electron chi connectivity index (χ1n) is 7.25. The van der Waals surface area contributed by atoms with Gasteiger partial charge in [-0.25, -0.2) is 0 Å². The molecule has 1 aliphatic rings. The lowest BCUT2D eigenvalue weighted by Crippen LogP contribution is -2.38. The molecule has 0 aliphatic carbocycles. The van der Waals surface area contributed by atoms with Crippen LogP contribution in [0, 0.1) is 5.92 Å². The molecular formula is C17H23NO2. The van der Waals surface area contributed by atoms with Gasteiger partial charge >= 0.3 is 0 Å². The number of carbonyl (C=O) groups is 1. The van der Waals surface area contributed by atoms with E-state index in [1.807, 2.05) is 29.2 Å². The van der Waals surface area contributed by atoms with Gasteiger partial charge in [-0.3, -0.25) is 4.79 Å². The van der Waals surface area contributed by atoms with Crippen LogP contribution in [0.2, 0.25) is 0 Å². The van der Waals surface area contributed by atoms with Crippen LogP contribution < -0.4 is 0 Å². The van der Waals surface area contributed by atoms with E-state index in [1.165, 1.54) is 0 Å². The Hall–Kier alpha value is -1.61. The van der Waals surface area contributed by atoms with Crippen LogP contribution in [0.5, 0.6) is 0 Å². The highest BCUT2D eigenvalue weighted by molar-refractivity contribution is 5.94. The standard InChI is InChI=1S/C17H23NO2/c1-3-14-4-6-16(7-5-14)17(19)18-11-8-15(9-12-18)10-13-20-2/h3-7,15H,1,8-13H2,2H3. The number of nitrogens with zero attached hydrogens (tertiary/aromatic N) is 1. The molecule has 0 unspecified atom stereocenters. The van der Waals surface area contributed by atoms with Crippen molar-refractivity contribution in [2.45, 2.75) is 19.3 Å². The predicted molar refractivity (Wildman–Crippen MR) is 81.7 cm³/mol. The van der Waals surface area contributed by atoms with Crippen molar-refractivity contribution in [1.29, 1.82) is 0 Å². The molecule has 2 rings (SSSR count). The summed E-state index contributed by atoms with van der Waals surface area (Å²) in [7, 11) is 1.74. The molecule has 1 heterocycles. The van der Waals surface area contributed by atoms with Crippen LogP contribution in [0.25, 0.3) is 6.08 Å². The van der Waals surface area contributed by atoms with Crippen molar-refractivity contribution in [2.75, 3.05) is 26.8 Å². The summed E-state index contributed by atoms with van der Waals surface area (Å²) in [6.07, 6.45) is 5.06. The Bertz CT molecular complexity index is 445. The van der Waals surface area contributed by atoms with Crippen molar-refractivity contribution in [3.8, 4) is 0 Å². The average molecular weight is 273 g/mol. The Balaban J connectivity index is 1.89. The summed E-state index contributed by atoms with van der Waals surface area (Å²) in [5.41, 5.74) is 1.81.